The van der Waals surface area contributed by atoms with Gasteiger partial charge in [0.25, 0.3) is 11.8 Å². The number of carbonyl (C=O) groups is 3. The molecule has 0 radical (unpaired) electrons. The first kappa shape index (κ1) is 28.2. The standard InChI is InChI=1S/C26H33N3O7/c1-17(2)12-20(28-24(30)15-35-21-9-7-6-8-18(21)3)26(32)29-27-14-19-10-11-22(23(13-19)33-4)36-16-25(31)34-5/h6-11,13-14,17,20H,12,15-16H2,1-5H3,(H,28,30)(H,29,32)/b27-14-/t20-/m0/s1. The van der Waals surface area contributed by atoms with Gasteiger partial charge in [-0.05, 0) is 54.7 Å². The molecule has 194 valence electrons. The zero-order valence-corrected chi connectivity index (χ0v) is 21.2. The Morgan fingerprint density at radius 2 is 1.69 bits per heavy atom. The predicted molar refractivity (Wildman–Crippen MR) is 134 cm³/mol. The van der Waals surface area contributed by atoms with Gasteiger partial charge in [-0.15, -0.1) is 0 Å². The summed E-state index contributed by atoms with van der Waals surface area (Å²) >= 11 is 0. The summed E-state index contributed by atoms with van der Waals surface area (Å²) in [7, 11) is 2.73. The lowest BCUT2D eigenvalue weighted by atomic mass is 10.0. The first-order valence-electron chi connectivity index (χ1n) is 11.4. The minimum atomic E-state index is -0.779. The molecule has 0 aliphatic heterocycles. The Hall–Kier alpha value is -4.08. The van der Waals surface area contributed by atoms with Crippen molar-refractivity contribution in [1.29, 1.82) is 0 Å². The molecule has 2 amide bonds. The Labute approximate surface area is 211 Å². The predicted octanol–water partition coefficient (Wildman–Crippen LogP) is 2.62. The van der Waals surface area contributed by atoms with Crippen LogP contribution in [0.3, 0.4) is 0 Å². The van der Waals surface area contributed by atoms with E-state index in [-0.39, 0.29) is 19.1 Å². The lowest BCUT2D eigenvalue weighted by molar-refractivity contribution is -0.143. The first-order valence-corrected chi connectivity index (χ1v) is 11.4. The highest BCUT2D eigenvalue weighted by atomic mass is 16.6. The van der Waals surface area contributed by atoms with Crippen LogP contribution in [0.1, 0.15) is 31.4 Å². The van der Waals surface area contributed by atoms with E-state index in [2.05, 4.69) is 20.6 Å². The summed E-state index contributed by atoms with van der Waals surface area (Å²) in [5.41, 5.74) is 4.00. The Morgan fingerprint density at radius 1 is 0.972 bits per heavy atom. The molecule has 0 aliphatic carbocycles. The van der Waals surface area contributed by atoms with Gasteiger partial charge in [0.1, 0.15) is 11.8 Å². The summed E-state index contributed by atoms with van der Waals surface area (Å²) in [4.78, 5) is 36.4. The van der Waals surface area contributed by atoms with Crippen LogP contribution in [-0.2, 0) is 19.1 Å². The van der Waals surface area contributed by atoms with Crippen molar-refractivity contribution in [2.75, 3.05) is 27.4 Å². The number of aryl methyl sites for hydroxylation is 1. The Kier molecular flexibility index (Phi) is 11.2. The third-order valence-electron chi connectivity index (χ3n) is 4.96. The molecule has 0 spiro atoms. The molecule has 2 aromatic rings. The van der Waals surface area contributed by atoms with Crippen molar-refractivity contribution in [3.63, 3.8) is 0 Å². The zero-order valence-electron chi connectivity index (χ0n) is 21.2. The number of para-hydroxylation sites is 1. The third kappa shape index (κ3) is 9.28. The van der Waals surface area contributed by atoms with Crippen LogP contribution in [0, 0.1) is 12.8 Å². The van der Waals surface area contributed by atoms with E-state index >= 15 is 0 Å². The van der Waals surface area contributed by atoms with Crippen LogP contribution in [0.2, 0.25) is 0 Å². The lowest BCUT2D eigenvalue weighted by Gasteiger charge is -2.19. The molecule has 2 N–H and O–H groups in total. The number of rotatable bonds is 13. The van der Waals surface area contributed by atoms with Crippen LogP contribution in [0.15, 0.2) is 47.6 Å². The number of nitrogens with one attached hydrogen (secondary N) is 2. The molecule has 0 unspecified atom stereocenters. The van der Waals surface area contributed by atoms with Gasteiger partial charge >= 0.3 is 5.97 Å². The number of hydrogen-bond donors (Lipinski definition) is 2. The average Bonchev–Trinajstić information content (AvgIpc) is 2.86. The second-order valence-electron chi connectivity index (χ2n) is 8.31. The molecule has 10 nitrogen and oxygen atoms in total. The maximum absolute atomic E-state index is 12.7. The molecule has 0 heterocycles. The van der Waals surface area contributed by atoms with Crippen LogP contribution < -0.4 is 25.0 Å². The van der Waals surface area contributed by atoms with E-state index in [4.69, 9.17) is 14.2 Å². The topological polar surface area (TPSA) is 125 Å². The molecule has 0 aromatic heterocycles. The highest BCUT2D eigenvalue weighted by molar-refractivity contribution is 5.89. The van der Waals surface area contributed by atoms with Gasteiger partial charge in [-0.1, -0.05) is 32.0 Å². The van der Waals surface area contributed by atoms with Crippen molar-refractivity contribution in [3.05, 3.63) is 53.6 Å². The van der Waals surface area contributed by atoms with Crippen molar-refractivity contribution < 1.29 is 33.3 Å². The third-order valence-corrected chi connectivity index (χ3v) is 4.96. The Morgan fingerprint density at radius 3 is 2.36 bits per heavy atom. The summed E-state index contributed by atoms with van der Waals surface area (Å²) in [6.45, 7) is 5.33. The number of esters is 1. The monoisotopic (exact) mass is 499 g/mol. The quantitative estimate of drug-likeness (QED) is 0.247. The van der Waals surface area contributed by atoms with Gasteiger partial charge in [-0.25, -0.2) is 10.2 Å². The van der Waals surface area contributed by atoms with E-state index in [1.165, 1.54) is 20.4 Å². The van der Waals surface area contributed by atoms with E-state index in [9.17, 15) is 14.4 Å². The van der Waals surface area contributed by atoms with Crippen molar-refractivity contribution in [2.45, 2.75) is 33.2 Å². The molecule has 0 bridgehead atoms. The van der Waals surface area contributed by atoms with E-state index in [1.807, 2.05) is 39.0 Å². The van der Waals surface area contributed by atoms with Gasteiger partial charge in [0, 0.05) is 0 Å². The molecule has 0 saturated heterocycles. The normalized spacial score (nSPS) is 11.6. The molecule has 0 saturated carbocycles. The molecule has 36 heavy (non-hydrogen) atoms. The van der Waals surface area contributed by atoms with E-state index in [0.717, 1.165) is 5.56 Å². The van der Waals surface area contributed by atoms with E-state index in [1.54, 1.807) is 24.3 Å². The minimum Gasteiger partial charge on any atom is -0.493 e. The van der Waals surface area contributed by atoms with Gasteiger partial charge in [0.05, 0.1) is 20.4 Å². The van der Waals surface area contributed by atoms with Gasteiger partial charge < -0.3 is 24.3 Å². The number of amides is 2. The van der Waals surface area contributed by atoms with Crippen molar-refractivity contribution >= 4 is 24.0 Å². The molecule has 1 atom stereocenters. The number of methoxy groups -OCH3 is 2. The van der Waals surface area contributed by atoms with E-state index < -0.39 is 23.8 Å². The Bertz CT molecular complexity index is 1070. The number of benzene rings is 2. The summed E-state index contributed by atoms with van der Waals surface area (Å²) in [5.74, 6) is 0.132. The molecule has 2 aromatic carbocycles. The highest BCUT2D eigenvalue weighted by Crippen LogP contribution is 2.27. The Balaban J connectivity index is 1.96. The smallest absolute Gasteiger partial charge is 0.343 e. The largest absolute Gasteiger partial charge is 0.493 e. The first-order chi connectivity index (χ1) is 17.2. The van der Waals surface area contributed by atoms with Gasteiger partial charge in [0.15, 0.2) is 24.7 Å². The summed E-state index contributed by atoms with van der Waals surface area (Å²) in [6.07, 6.45) is 1.86. The molecular weight excluding hydrogens is 466 g/mol. The van der Waals surface area contributed by atoms with Crippen LogP contribution in [0.25, 0.3) is 0 Å². The number of ether oxygens (including phenoxy) is 4. The number of hydrazone groups is 1. The zero-order chi connectivity index (χ0) is 26.5. The van der Waals surface area contributed by atoms with E-state index in [0.29, 0.717) is 29.2 Å². The second-order valence-corrected chi connectivity index (χ2v) is 8.31. The van der Waals surface area contributed by atoms with Crippen molar-refractivity contribution in [3.8, 4) is 17.2 Å². The fraction of sp³-hybridized carbons (Fsp3) is 0.385. The molecule has 2 rings (SSSR count). The maximum Gasteiger partial charge on any atom is 0.343 e. The van der Waals surface area contributed by atoms with Crippen LogP contribution in [0.4, 0.5) is 0 Å². The van der Waals surface area contributed by atoms with Gasteiger partial charge in [-0.3, -0.25) is 9.59 Å². The SMILES string of the molecule is COC(=O)COc1ccc(/C=N\NC(=O)[C@H](CC(C)C)NC(=O)COc2ccccc2C)cc1OC. The fourth-order valence-corrected chi connectivity index (χ4v) is 3.13. The lowest BCUT2D eigenvalue weighted by Crippen LogP contribution is -2.47. The van der Waals surface area contributed by atoms with Crippen LogP contribution in [0.5, 0.6) is 17.2 Å². The fourth-order valence-electron chi connectivity index (χ4n) is 3.13. The second kappa shape index (κ2) is 14.3. The van der Waals surface area contributed by atoms with Crippen LogP contribution >= 0.6 is 0 Å². The number of nitrogens with zero attached hydrogens (tertiary/aromatic N) is 1. The molecule has 10 heteroatoms. The number of carbonyl (C=O) groups excluding carboxylic acids is 3. The van der Waals surface area contributed by atoms with Gasteiger partial charge in [0.2, 0.25) is 0 Å². The summed E-state index contributed by atoms with van der Waals surface area (Å²) < 4.78 is 20.8. The molecular formula is C26H33N3O7. The minimum absolute atomic E-state index is 0.157. The highest BCUT2D eigenvalue weighted by Gasteiger charge is 2.22. The summed E-state index contributed by atoms with van der Waals surface area (Å²) in [6, 6.07) is 11.5. The summed E-state index contributed by atoms with van der Waals surface area (Å²) in [5, 5.41) is 6.71. The van der Waals surface area contributed by atoms with Crippen molar-refractivity contribution in [2.24, 2.45) is 11.0 Å². The molecule has 0 aliphatic rings. The van der Waals surface area contributed by atoms with Crippen LogP contribution in [-0.4, -0.2) is 57.5 Å². The average molecular weight is 500 g/mol. The van der Waals surface area contributed by atoms with Gasteiger partial charge in [-0.2, -0.15) is 5.10 Å². The molecule has 0 fully saturated rings. The maximum atomic E-state index is 12.7. The number of hydrogen-bond acceptors (Lipinski definition) is 8. The van der Waals surface area contributed by atoms with Crippen molar-refractivity contribution in [1.82, 2.24) is 10.7 Å².